The van der Waals surface area contributed by atoms with Crippen molar-refractivity contribution in [2.75, 3.05) is 0 Å². The van der Waals surface area contributed by atoms with E-state index in [1.54, 1.807) is 0 Å². The van der Waals surface area contributed by atoms with Gasteiger partial charge >= 0.3 is 0 Å². The van der Waals surface area contributed by atoms with Crippen LogP contribution in [0.4, 0.5) is 0 Å². The molecule has 0 atom stereocenters. The van der Waals surface area contributed by atoms with Gasteiger partial charge in [0.2, 0.25) is 7.28 Å². The van der Waals surface area contributed by atoms with Crippen molar-refractivity contribution in [1.82, 2.24) is 0 Å². The van der Waals surface area contributed by atoms with E-state index in [4.69, 9.17) is 0 Å². The summed E-state index contributed by atoms with van der Waals surface area (Å²) in [4.78, 5) is 0. The lowest BCUT2D eigenvalue weighted by molar-refractivity contribution is 1.86. The summed E-state index contributed by atoms with van der Waals surface area (Å²) in [5, 5.41) is 2.67. The van der Waals surface area contributed by atoms with Crippen LogP contribution in [0.3, 0.4) is 0 Å². The molecule has 4 rings (SSSR count). The molecule has 0 saturated heterocycles. The first-order valence-corrected chi connectivity index (χ1v) is 7.84. The molecule has 0 amide bonds. The Morgan fingerprint density at radius 1 is 0.632 bits per heavy atom. The molecular weight excluding hydrogens is 267 g/mol. The first-order valence-electron chi connectivity index (χ1n) is 6.20. The fourth-order valence-electron chi connectivity index (χ4n) is 2.29. The molecular formula is C16H10BS2. The maximum absolute atomic E-state index is 2.29. The molecule has 1 radical (unpaired) electrons. The van der Waals surface area contributed by atoms with Crippen molar-refractivity contribution >= 4 is 59.7 Å². The SMILES string of the molecule is [B](c1cc2ccccc2s1)c1cc2ccccc2s1. The van der Waals surface area contributed by atoms with Gasteiger partial charge in [0.25, 0.3) is 0 Å². The molecule has 2 aromatic heterocycles. The summed E-state index contributed by atoms with van der Waals surface area (Å²) in [7, 11) is 2.29. The Balaban J connectivity index is 1.73. The second-order valence-corrected chi connectivity index (χ2v) is 6.75. The number of hydrogen-bond donors (Lipinski definition) is 0. The highest BCUT2D eigenvalue weighted by Gasteiger charge is 2.07. The quantitative estimate of drug-likeness (QED) is 0.489. The van der Waals surface area contributed by atoms with Gasteiger partial charge in [0.05, 0.1) is 0 Å². The summed E-state index contributed by atoms with van der Waals surface area (Å²) < 4.78 is 5.37. The molecule has 0 bridgehead atoms. The van der Waals surface area contributed by atoms with E-state index in [1.165, 1.54) is 29.7 Å². The first kappa shape index (κ1) is 11.3. The molecule has 0 spiro atoms. The van der Waals surface area contributed by atoms with Crippen LogP contribution in [0, 0.1) is 0 Å². The van der Waals surface area contributed by atoms with E-state index in [0.717, 1.165) is 0 Å². The number of rotatable bonds is 2. The predicted octanol–water partition coefficient (Wildman–Crippen LogP) is 3.77. The van der Waals surface area contributed by atoms with Crippen LogP contribution in [0.5, 0.6) is 0 Å². The van der Waals surface area contributed by atoms with E-state index < -0.39 is 0 Å². The van der Waals surface area contributed by atoms with Gasteiger partial charge in [0.15, 0.2) is 0 Å². The molecule has 19 heavy (non-hydrogen) atoms. The number of benzene rings is 2. The van der Waals surface area contributed by atoms with Crippen LogP contribution in [0.1, 0.15) is 0 Å². The van der Waals surface area contributed by atoms with Crippen LogP contribution in [0.15, 0.2) is 60.7 Å². The lowest BCUT2D eigenvalue weighted by Crippen LogP contribution is -2.21. The van der Waals surface area contributed by atoms with Gasteiger partial charge in [-0.3, -0.25) is 0 Å². The third kappa shape index (κ3) is 2.09. The maximum atomic E-state index is 2.29. The summed E-state index contributed by atoms with van der Waals surface area (Å²) in [5.74, 6) is 0. The van der Waals surface area contributed by atoms with Gasteiger partial charge in [-0.05, 0) is 44.6 Å². The number of hydrogen-bond acceptors (Lipinski definition) is 2. The smallest absolute Gasteiger partial charge is 0.151 e. The minimum Gasteiger partial charge on any atom is -0.151 e. The molecule has 3 heteroatoms. The molecule has 89 valence electrons. The van der Waals surface area contributed by atoms with Crippen LogP contribution in [0.25, 0.3) is 20.2 Å². The second-order valence-electron chi connectivity index (χ2n) is 4.52. The first-order chi connectivity index (χ1) is 9.38. The molecule has 0 N–H and O–H groups in total. The Bertz CT molecular complexity index is 719. The minimum absolute atomic E-state index is 1.33. The van der Waals surface area contributed by atoms with Gasteiger partial charge in [0.1, 0.15) is 0 Å². The Kier molecular flexibility index (Phi) is 2.68. The van der Waals surface area contributed by atoms with Crippen LogP contribution < -0.4 is 9.55 Å². The van der Waals surface area contributed by atoms with E-state index >= 15 is 0 Å². The zero-order valence-corrected chi connectivity index (χ0v) is 11.8. The van der Waals surface area contributed by atoms with Gasteiger partial charge in [-0.1, -0.05) is 36.4 Å². The Morgan fingerprint density at radius 2 is 1.11 bits per heavy atom. The third-order valence-electron chi connectivity index (χ3n) is 3.17. The summed E-state index contributed by atoms with van der Waals surface area (Å²) >= 11 is 3.71. The highest BCUT2D eigenvalue weighted by Crippen LogP contribution is 2.20. The summed E-state index contributed by atoms with van der Waals surface area (Å²) in [6.45, 7) is 0. The molecule has 0 aliphatic carbocycles. The van der Waals surface area contributed by atoms with E-state index in [1.807, 2.05) is 22.7 Å². The van der Waals surface area contributed by atoms with E-state index in [9.17, 15) is 0 Å². The van der Waals surface area contributed by atoms with Crippen molar-refractivity contribution in [2.45, 2.75) is 0 Å². The molecule has 0 unspecified atom stereocenters. The highest BCUT2D eigenvalue weighted by molar-refractivity contribution is 7.33. The van der Waals surface area contributed by atoms with Crippen molar-refractivity contribution in [3.63, 3.8) is 0 Å². The molecule has 2 heterocycles. The fourth-order valence-corrected chi connectivity index (χ4v) is 4.40. The molecule has 4 aromatic rings. The van der Waals surface area contributed by atoms with Gasteiger partial charge < -0.3 is 0 Å². The second kappa shape index (κ2) is 4.51. The summed E-state index contributed by atoms with van der Waals surface area (Å²) in [5.41, 5.74) is 0. The third-order valence-corrected chi connectivity index (χ3v) is 5.30. The molecule has 2 aromatic carbocycles. The number of thiophene rings is 2. The largest absolute Gasteiger partial charge is 0.219 e. The molecule has 0 aliphatic heterocycles. The summed E-state index contributed by atoms with van der Waals surface area (Å²) in [6.07, 6.45) is 0. The van der Waals surface area contributed by atoms with Crippen LogP contribution in [-0.2, 0) is 0 Å². The molecule has 0 saturated carbocycles. The zero-order chi connectivity index (χ0) is 12.7. The van der Waals surface area contributed by atoms with Gasteiger partial charge in [-0.2, -0.15) is 22.7 Å². The lowest BCUT2D eigenvalue weighted by Gasteiger charge is -1.88. The van der Waals surface area contributed by atoms with E-state index in [2.05, 4.69) is 67.9 Å². The van der Waals surface area contributed by atoms with Crippen LogP contribution in [0.2, 0.25) is 0 Å². The average Bonchev–Trinajstić information content (AvgIpc) is 3.00. The maximum Gasteiger partial charge on any atom is 0.219 e. The van der Waals surface area contributed by atoms with Crippen molar-refractivity contribution in [2.24, 2.45) is 0 Å². The molecule has 0 aliphatic rings. The van der Waals surface area contributed by atoms with Gasteiger partial charge in [-0.15, -0.1) is 0 Å². The number of fused-ring (bicyclic) bond motifs is 2. The lowest BCUT2D eigenvalue weighted by atomic mass is 9.75. The van der Waals surface area contributed by atoms with Crippen molar-refractivity contribution in [1.29, 1.82) is 0 Å². The van der Waals surface area contributed by atoms with Crippen molar-refractivity contribution in [3.8, 4) is 0 Å². The van der Waals surface area contributed by atoms with Gasteiger partial charge in [0, 0.05) is 9.40 Å². The topological polar surface area (TPSA) is 0 Å². The Morgan fingerprint density at radius 3 is 1.58 bits per heavy atom. The van der Waals surface area contributed by atoms with E-state index in [-0.39, 0.29) is 0 Å². The van der Waals surface area contributed by atoms with E-state index in [0.29, 0.717) is 0 Å². The van der Waals surface area contributed by atoms with Crippen LogP contribution in [-0.4, -0.2) is 7.28 Å². The fraction of sp³-hybridized carbons (Fsp3) is 0. The minimum atomic E-state index is 1.33. The molecule has 0 fully saturated rings. The highest BCUT2D eigenvalue weighted by atomic mass is 32.1. The zero-order valence-electron chi connectivity index (χ0n) is 10.2. The Labute approximate surface area is 120 Å². The molecule has 0 nitrogen and oxygen atoms in total. The van der Waals surface area contributed by atoms with Crippen LogP contribution >= 0.6 is 22.7 Å². The predicted molar refractivity (Wildman–Crippen MR) is 88.7 cm³/mol. The summed E-state index contributed by atoms with van der Waals surface area (Å²) in [6, 6.07) is 21.6. The van der Waals surface area contributed by atoms with Crippen molar-refractivity contribution in [3.05, 3.63) is 60.7 Å². The van der Waals surface area contributed by atoms with Gasteiger partial charge in [-0.25, -0.2) is 0 Å². The average molecular weight is 277 g/mol. The normalized spacial score (nSPS) is 11.2. The monoisotopic (exact) mass is 277 g/mol. The standard InChI is InChI=1S/C16H10BS2/c1-3-7-13-11(5-1)9-15(18-13)17-16-10-12-6-2-4-8-14(12)19-16/h1-10H. The van der Waals surface area contributed by atoms with Crippen molar-refractivity contribution < 1.29 is 0 Å². The Hall–Kier alpha value is -1.58.